The number of nitrogens with two attached hydrogens (primary N) is 1. The second-order valence-electron chi connectivity index (χ2n) is 4.68. The van der Waals surface area contributed by atoms with E-state index in [2.05, 4.69) is 0 Å². The molecule has 15 heavy (non-hydrogen) atoms. The summed E-state index contributed by atoms with van der Waals surface area (Å²) in [5.41, 5.74) is 4.93. The van der Waals surface area contributed by atoms with Crippen molar-refractivity contribution in [2.45, 2.75) is 52.2 Å². The normalized spacial score (nSPS) is 15.6. The van der Waals surface area contributed by atoms with Crippen molar-refractivity contribution in [3.63, 3.8) is 0 Å². The summed E-state index contributed by atoms with van der Waals surface area (Å²) >= 11 is 0. The summed E-state index contributed by atoms with van der Waals surface area (Å²) in [7, 11) is 0. The largest absolute Gasteiger partial charge is 0.480 e. The standard InChI is InChI=1S/C10H20N2O3/c1-6(11)8(13)12(10(3,4)5)7(2)9(14)15/h6-7H,11H2,1-5H3,(H,14,15)/t6-,7+/m0/s1. The maximum absolute atomic E-state index is 11.8. The Morgan fingerprint density at radius 2 is 1.67 bits per heavy atom. The lowest BCUT2D eigenvalue weighted by Gasteiger charge is -2.39. The van der Waals surface area contributed by atoms with Gasteiger partial charge >= 0.3 is 5.97 Å². The predicted molar refractivity (Wildman–Crippen MR) is 57.3 cm³/mol. The number of carbonyl (C=O) groups is 2. The Balaban J connectivity index is 5.08. The molecule has 0 heterocycles. The van der Waals surface area contributed by atoms with E-state index in [0.717, 1.165) is 0 Å². The van der Waals surface area contributed by atoms with Gasteiger partial charge in [-0.25, -0.2) is 4.79 Å². The summed E-state index contributed by atoms with van der Waals surface area (Å²) in [6.45, 7) is 8.38. The van der Waals surface area contributed by atoms with E-state index >= 15 is 0 Å². The lowest BCUT2D eigenvalue weighted by atomic mass is 10.0. The molecule has 0 saturated carbocycles. The molecule has 0 aromatic rings. The van der Waals surface area contributed by atoms with Gasteiger partial charge in [-0.15, -0.1) is 0 Å². The third kappa shape index (κ3) is 3.51. The van der Waals surface area contributed by atoms with E-state index in [0.29, 0.717) is 0 Å². The molecular formula is C10H20N2O3. The first-order chi connectivity index (χ1) is 6.59. The number of hydrogen-bond donors (Lipinski definition) is 2. The predicted octanol–water partition coefficient (Wildman–Crippen LogP) is 0.434. The Kier molecular flexibility index (Phi) is 4.27. The molecule has 5 nitrogen and oxygen atoms in total. The minimum Gasteiger partial charge on any atom is -0.480 e. The van der Waals surface area contributed by atoms with Crippen LogP contribution in [-0.2, 0) is 9.59 Å². The van der Waals surface area contributed by atoms with Crippen LogP contribution in [0, 0.1) is 0 Å². The van der Waals surface area contributed by atoms with Gasteiger partial charge in [0.15, 0.2) is 0 Å². The number of carbonyl (C=O) groups excluding carboxylic acids is 1. The highest BCUT2D eigenvalue weighted by Crippen LogP contribution is 2.18. The number of carboxylic acids is 1. The Hall–Kier alpha value is -1.10. The van der Waals surface area contributed by atoms with Gasteiger partial charge in [0.1, 0.15) is 6.04 Å². The minimum atomic E-state index is -1.03. The van der Waals surface area contributed by atoms with Crippen LogP contribution in [0.25, 0.3) is 0 Å². The molecule has 0 aromatic carbocycles. The molecule has 5 heteroatoms. The third-order valence-electron chi connectivity index (χ3n) is 2.09. The van der Waals surface area contributed by atoms with Crippen LogP contribution < -0.4 is 5.73 Å². The van der Waals surface area contributed by atoms with Gasteiger partial charge < -0.3 is 15.7 Å². The van der Waals surface area contributed by atoms with Crippen molar-refractivity contribution < 1.29 is 14.7 Å². The molecule has 0 aliphatic carbocycles. The number of aliphatic carboxylic acids is 1. The fraction of sp³-hybridized carbons (Fsp3) is 0.800. The van der Waals surface area contributed by atoms with Crippen LogP contribution in [0.2, 0.25) is 0 Å². The molecule has 0 aliphatic heterocycles. The smallest absolute Gasteiger partial charge is 0.326 e. The zero-order valence-corrected chi connectivity index (χ0v) is 9.94. The molecule has 0 fully saturated rings. The first-order valence-corrected chi connectivity index (χ1v) is 4.90. The molecule has 0 bridgehead atoms. The summed E-state index contributed by atoms with van der Waals surface area (Å²) < 4.78 is 0. The minimum absolute atomic E-state index is 0.350. The van der Waals surface area contributed by atoms with Crippen LogP contribution in [0.3, 0.4) is 0 Å². The van der Waals surface area contributed by atoms with Gasteiger partial charge in [0.2, 0.25) is 5.91 Å². The zero-order chi connectivity index (χ0) is 12.4. The van der Waals surface area contributed by atoms with Crippen molar-refractivity contribution in [3.05, 3.63) is 0 Å². The number of amides is 1. The maximum Gasteiger partial charge on any atom is 0.326 e. The number of hydrogen-bond acceptors (Lipinski definition) is 3. The van der Waals surface area contributed by atoms with Gasteiger partial charge in [-0.3, -0.25) is 4.79 Å². The summed E-state index contributed by atoms with van der Waals surface area (Å²) in [6.07, 6.45) is 0. The topological polar surface area (TPSA) is 83.6 Å². The van der Waals surface area contributed by atoms with Gasteiger partial charge in [0.25, 0.3) is 0 Å². The molecule has 0 radical (unpaired) electrons. The van der Waals surface area contributed by atoms with E-state index in [9.17, 15) is 9.59 Å². The Bertz CT molecular complexity index is 256. The van der Waals surface area contributed by atoms with Crippen molar-refractivity contribution in [2.75, 3.05) is 0 Å². The quantitative estimate of drug-likeness (QED) is 0.716. The van der Waals surface area contributed by atoms with Crippen LogP contribution in [0.15, 0.2) is 0 Å². The zero-order valence-electron chi connectivity index (χ0n) is 9.94. The summed E-state index contributed by atoms with van der Waals surface area (Å²) in [5, 5.41) is 8.91. The molecule has 0 unspecified atom stereocenters. The fourth-order valence-electron chi connectivity index (χ4n) is 1.43. The average molecular weight is 216 g/mol. The van der Waals surface area contributed by atoms with Gasteiger partial charge in [0, 0.05) is 5.54 Å². The molecule has 1 amide bonds. The summed E-state index contributed by atoms with van der Waals surface area (Å²) in [5.74, 6) is -1.38. The highest BCUT2D eigenvalue weighted by Gasteiger charge is 2.35. The van der Waals surface area contributed by atoms with Crippen LogP contribution in [0.4, 0.5) is 0 Å². The molecule has 3 N–H and O–H groups in total. The first-order valence-electron chi connectivity index (χ1n) is 4.90. The Labute approximate surface area is 90.2 Å². The first kappa shape index (κ1) is 13.9. The fourth-order valence-corrected chi connectivity index (χ4v) is 1.43. The molecule has 0 rings (SSSR count). The second kappa shape index (κ2) is 4.61. The van der Waals surface area contributed by atoms with Crippen molar-refractivity contribution in [3.8, 4) is 0 Å². The van der Waals surface area contributed by atoms with Gasteiger partial charge in [0.05, 0.1) is 6.04 Å². The number of rotatable bonds is 3. The van der Waals surface area contributed by atoms with Gasteiger partial charge in [-0.05, 0) is 34.6 Å². The van der Waals surface area contributed by atoms with Crippen molar-refractivity contribution >= 4 is 11.9 Å². The van der Waals surface area contributed by atoms with Gasteiger partial charge in [-0.1, -0.05) is 0 Å². The summed E-state index contributed by atoms with van der Waals surface area (Å²) in [4.78, 5) is 24.0. The Morgan fingerprint density at radius 1 is 1.27 bits per heavy atom. The SMILES string of the molecule is C[C@H](N)C(=O)N([C@H](C)C(=O)O)C(C)(C)C. The van der Waals surface area contributed by atoms with E-state index in [-0.39, 0.29) is 5.91 Å². The van der Waals surface area contributed by atoms with Crippen molar-refractivity contribution in [2.24, 2.45) is 5.73 Å². The van der Waals surface area contributed by atoms with Crippen LogP contribution in [-0.4, -0.2) is 39.5 Å². The van der Waals surface area contributed by atoms with E-state index in [1.165, 1.54) is 11.8 Å². The van der Waals surface area contributed by atoms with Crippen LogP contribution in [0.1, 0.15) is 34.6 Å². The molecule has 0 saturated heterocycles. The molecular weight excluding hydrogens is 196 g/mol. The summed E-state index contributed by atoms with van der Waals surface area (Å²) in [6, 6.07) is -1.56. The molecule has 0 spiro atoms. The lowest BCUT2D eigenvalue weighted by Crippen LogP contribution is -2.57. The molecule has 2 atom stereocenters. The molecule has 88 valence electrons. The third-order valence-corrected chi connectivity index (χ3v) is 2.09. The monoisotopic (exact) mass is 216 g/mol. The van der Waals surface area contributed by atoms with E-state index in [4.69, 9.17) is 10.8 Å². The van der Waals surface area contributed by atoms with Crippen LogP contribution >= 0.6 is 0 Å². The van der Waals surface area contributed by atoms with Crippen molar-refractivity contribution in [1.82, 2.24) is 4.90 Å². The highest BCUT2D eigenvalue weighted by molar-refractivity contribution is 5.87. The van der Waals surface area contributed by atoms with E-state index < -0.39 is 23.6 Å². The average Bonchev–Trinajstić information content (AvgIpc) is 2.01. The van der Waals surface area contributed by atoms with Crippen molar-refractivity contribution in [1.29, 1.82) is 0 Å². The maximum atomic E-state index is 11.8. The number of nitrogens with zero attached hydrogens (tertiary/aromatic N) is 1. The van der Waals surface area contributed by atoms with Crippen LogP contribution in [0.5, 0.6) is 0 Å². The van der Waals surface area contributed by atoms with E-state index in [1.807, 2.05) is 0 Å². The Morgan fingerprint density at radius 3 is 1.87 bits per heavy atom. The second-order valence-corrected chi connectivity index (χ2v) is 4.68. The molecule has 0 aliphatic rings. The number of carboxylic acid groups (broad SMARTS) is 1. The lowest BCUT2D eigenvalue weighted by molar-refractivity contribution is -0.154. The molecule has 0 aromatic heterocycles. The van der Waals surface area contributed by atoms with Gasteiger partial charge in [-0.2, -0.15) is 0 Å². The van der Waals surface area contributed by atoms with E-state index in [1.54, 1.807) is 27.7 Å². The highest BCUT2D eigenvalue weighted by atomic mass is 16.4.